The van der Waals surface area contributed by atoms with Crippen LogP contribution in [0, 0.1) is 11.7 Å². The van der Waals surface area contributed by atoms with Gasteiger partial charge in [-0.05, 0) is 37.1 Å². The van der Waals surface area contributed by atoms with Gasteiger partial charge in [0.15, 0.2) is 0 Å². The van der Waals surface area contributed by atoms with Gasteiger partial charge in [0, 0.05) is 18.1 Å². The second kappa shape index (κ2) is 6.65. The van der Waals surface area contributed by atoms with Crippen LogP contribution in [0.25, 0.3) is 0 Å². The van der Waals surface area contributed by atoms with Crippen molar-refractivity contribution in [2.24, 2.45) is 5.92 Å². The Morgan fingerprint density at radius 3 is 2.68 bits per heavy atom. The van der Waals surface area contributed by atoms with Gasteiger partial charge in [0.2, 0.25) is 5.91 Å². The van der Waals surface area contributed by atoms with E-state index in [2.05, 4.69) is 15.9 Å². The van der Waals surface area contributed by atoms with E-state index in [0.29, 0.717) is 12.0 Å². The zero-order valence-electron chi connectivity index (χ0n) is 10.7. The molecule has 1 amide bonds. The Balaban J connectivity index is 2.64. The molecule has 1 aromatic carbocycles. The molecule has 1 rings (SSSR count). The Hall–Kier alpha value is -1.43. The van der Waals surface area contributed by atoms with Crippen LogP contribution >= 0.6 is 15.9 Å². The average Bonchev–Trinajstić information content (AvgIpc) is 2.37. The van der Waals surface area contributed by atoms with E-state index in [1.807, 2.05) is 0 Å². The lowest BCUT2D eigenvalue weighted by molar-refractivity contribution is -0.149. The average molecular weight is 332 g/mol. The molecule has 6 heteroatoms. The Labute approximate surface area is 119 Å². The maximum absolute atomic E-state index is 13.5. The molecule has 0 saturated carbocycles. The molecule has 0 spiro atoms. The number of amides is 1. The molecular weight excluding hydrogens is 317 g/mol. The van der Waals surface area contributed by atoms with E-state index in [0.717, 1.165) is 4.47 Å². The smallest absolute Gasteiger partial charge is 0.315 e. The highest BCUT2D eigenvalue weighted by Crippen LogP contribution is 2.16. The fourth-order valence-corrected chi connectivity index (χ4v) is 1.98. The monoisotopic (exact) mass is 331 g/mol. The van der Waals surface area contributed by atoms with E-state index in [9.17, 15) is 14.0 Å². The van der Waals surface area contributed by atoms with Crippen molar-refractivity contribution in [3.05, 3.63) is 34.1 Å². The highest BCUT2D eigenvalue weighted by atomic mass is 79.9. The fraction of sp³-hybridized carbons (Fsp3) is 0.385. The van der Waals surface area contributed by atoms with Crippen LogP contribution in [0.3, 0.4) is 0 Å². The number of carboxylic acid groups (broad SMARTS) is 1. The van der Waals surface area contributed by atoms with Gasteiger partial charge in [-0.25, -0.2) is 4.39 Å². The van der Waals surface area contributed by atoms with Crippen molar-refractivity contribution in [1.82, 2.24) is 4.90 Å². The van der Waals surface area contributed by atoms with Gasteiger partial charge in [-0.15, -0.1) is 0 Å². The van der Waals surface area contributed by atoms with Crippen LogP contribution < -0.4 is 0 Å². The molecular formula is C13H15BrFNO3. The summed E-state index contributed by atoms with van der Waals surface area (Å²) in [5.41, 5.74) is 0.483. The quantitative estimate of drug-likeness (QED) is 0.842. The molecule has 0 aliphatic heterocycles. The summed E-state index contributed by atoms with van der Waals surface area (Å²) >= 11 is 3.25. The van der Waals surface area contributed by atoms with Crippen molar-refractivity contribution in [3.63, 3.8) is 0 Å². The van der Waals surface area contributed by atoms with Crippen LogP contribution in [0.4, 0.5) is 4.39 Å². The standard InChI is InChI=1S/C13H15BrFNO3/c1-8(13(18)19)12(17)16(2)6-5-9-7-10(14)3-4-11(9)15/h3-4,7-8H,5-6H2,1-2H3,(H,18,19). The summed E-state index contributed by atoms with van der Waals surface area (Å²) in [6, 6.07) is 4.59. The normalized spacial score (nSPS) is 12.0. The van der Waals surface area contributed by atoms with Crippen molar-refractivity contribution >= 4 is 27.8 Å². The molecule has 1 N–H and O–H groups in total. The molecule has 1 atom stereocenters. The van der Waals surface area contributed by atoms with Crippen molar-refractivity contribution in [2.75, 3.05) is 13.6 Å². The minimum atomic E-state index is -1.16. The number of aliphatic carboxylic acids is 1. The summed E-state index contributed by atoms with van der Waals surface area (Å²) in [4.78, 5) is 23.7. The van der Waals surface area contributed by atoms with Crippen LogP contribution in [0.2, 0.25) is 0 Å². The Kier molecular flexibility index (Phi) is 5.47. The Morgan fingerprint density at radius 1 is 1.47 bits per heavy atom. The highest BCUT2D eigenvalue weighted by Gasteiger charge is 2.23. The van der Waals surface area contributed by atoms with Crippen molar-refractivity contribution < 1.29 is 19.1 Å². The van der Waals surface area contributed by atoms with Gasteiger partial charge < -0.3 is 10.0 Å². The van der Waals surface area contributed by atoms with Crippen molar-refractivity contribution in [3.8, 4) is 0 Å². The van der Waals surface area contributed by atoms with Gasteiger partial charge in [-0.3, -0.25) is 9.59 Å². The molecule has 0 aliphatic carbocycles. The van der Waals surface area contributed by atoms with Crippen LogP contribution in [0.1, 0.15) is 12.5 Å². The first-order chi connectivity index (χ1) is 8.82. The number of benzene rings is 1. The Morgan fingerprint density at radius 2 is 2.11 bits per heavy atom. The number of hydrogen-bond acceptors (Lipinski definition) is 2. The highest BCUT2D eigenvalue weighted by molar-refractivity contribution is 9.10. The number of likely N-dealkylation sites (N-methyl/N-ethyl adjacent to an activating group) is 1. The van der Waals surface area contributed by atoms with E-state index in [4.69, 9.17) is 5.11 Å². The second-order valence-electron chi connectivity index (χ2n) is 4.31. The molecule has 0 saturated heterocycles. The Bertz CT molecular complexity index is 493. The van der Waals surface area contributed by atoms with Crippen molar-refractivity contribution in [2.45, 2.75) is 13.3 Å². The van der Waals surface area contributed by atoms with Crippen LogP contribution in [0.15, 0.2) is 22.7 Å². The second-order valence-corrected chi connectivity index (χ2v) is 5.22. The first-order valence-corrected chi connectivity index (χ1v) is 6.54. The van der Waals surface area contributed by atoms with Gasteiger partial charge in [0.05, 0.1) is 0 Å². The topological polar surface area (TPSA) is 57.6 Å². The first-order valence-electron chi connectivity index (χ1n) is 5.74. The van der Waals surface area contributed by atoms with Gasteiger partial charge in [-0.1, -0.05) is 15.9 Å². The third-order valence-corrected chi connectivity index (χ3v) is 3.33. The summed E-state index contributed by atoms with van der Waals surface area (Å²) in [6.07, 6.45) is 0.333. The maximum atomic E-state index is 13.5. The zero-order chi connectivity index (χ0) is 14.6. The lowest BCUT2D eigenvalue weighted by Crippen LogP contribution is -2.36. The summed E-state index contributed by atoms with van der Waals surface area (Å²) in [6.45, 7) is 1.60. The van der Waals surface area contributed by atoms with Gasteiger partial charge in [-0.2, -0.15) is 0 Å². The van der Waals surface area contributed by atoms with Crippen molar-refractivity contribution in [1.29, 1.82) is 0 Å². The maximum Gasteiger partial charge on any atom is 0.315 e. The van der Waals surface area contributed by atoms with Crippen LogP contribution in [0.5, 0.6) is 0 Å². The molecule has 104 valence electrons. The number of halogens is 2. The zero-order valence-corrected chi connectivity index (χ0v) is 12.3. The summed E-state index contributed by atoms with van der Waals surface area (Å²) in [5.74, 6) is -3.07. The lowest BCUT2D eigenvalue weighted by Gasteiger charge is -2.19. The number of carboxylic acids is 1. The minimum absolute atomic E-state index is 0.268. The lowest BCUT2D eigenvalue weighted by atomic mass is 10.1. The molecule has 0 aromatic heterocycles. The summed E-state index contributed by atoms with van der Waals surface area (Å²) < 4.78 is 14.3. The molecule has 0 radical (unpaired) electrons. The number of nitrogens with zero attached hydrogens (tertiary/aromatic N) is 1. The fourth-order valence-electron chi connectivity index (χ4n) is 1.57. The van der Waals surface area contributed by atoms with Gasteiger partial charge in [0.1, 0.15) is 11.7 Å². The number of carbonyl (C=O) groups is 2. The van der Waals surface area contributed by atoms with E-state index in [-0.39, 0.29) is 12.4 Å². The summed E-state index contributed by atoms with van der Waals surface area (Å²) in [5, 5.41) is 8.75. The molecule has 1 unspecified atom stereocenters. The van der Waals surface area contributed by atoms with E-state index < -0.39 is 17.8 Å². The van der Waals surface area contributed by atoms with E-state index >= 15 is 0 Å². The SMILES string of the molecule is CC(C(=O)O)C(=O)N(C)CCc1cc(Br)ccc1F. The van der Waals surface area contributed by atoms with Crippen LogP contribution in [-0.2, 0) is 16.0 Å². The van der Waals surface area contributed by atoms with Crippen LogP contribution in [-0.4, -0.2) is 35.5 Å². The predicted molar refractivity (Wildman–Crippen MR) is 72.2 cm³/mol. The number of rotatable bonds is 5. The third kappa shape index (κ3) is 4.31. The van der Waals surface area contributed by atoms with E-state index in [1.165, 1.54) is 24.9 Å². The predicted octanol–water partition coefficient (Wildman–Crippen LogP) is 2.31. The largest absolute Gasteiger partial charge is 0.481 e. The number of hydrogen-bond donors (Lipinski definition) is 1. The molecule has 0 fully saturated rings. The minimum Gasteiger partial charge on any atom is -0.481 e. The van der Waals surface area contributed by atoms with E-state index in [1.54, 1.807) is 12.1 Å². The molecule has 1 aromatic rings. The molecule has 0 heterocycles. The summed E-state index contributed by atoms with van der Waals surface area (Å²) in [7, 11) is 1.51. The van der Waals surface area contributed by atoms with Gasteiger partial charge in [0.25, 0.3) is 0 Å². The third-order valence-electron chi connectivity index (χ3n) is 2.84. The molecule has 0 aliphatic rings. The first kappa shape index (κ1) is 15.6. The molecule has 4 nitrogen and oxygen atoms in total. The number of carbonyl (C=O) groups excluding carboxylic acids is 1. The molecule has 0 bridgehead atoms. The molecule has 19 heavy (non-hydrogen) atoms. The van der Waals surface area contributed by atoms with Gasteiger partial charge >= 0.3 is 5.97 Å².